The van der Waals surface area contributed by atoms with Crippen molar-refractivity contribution < 1.29 is 21.6 Å². The molecule has 25 heavy (non-hydrogen) atoms. The van der Waals surface area contributed by atoms with Gasteiger partial charge in [0.15, 0.2) is 5.82 Å². The van der Waals surface area contributed by atoms with Gasteiger partial charge in [-0.05, 0) is 30.3 Å². The molecule has 2 aromatic carbocycles. The van der Waals surface area contributed by atoms with Gasteiger partial charge in [0.25, 0.3) is 0 Å². The number of nitrogens with zero attached hydrogens (tertiary/aromatic N) is 3. The van der Waals surface area contributed by atoms with Crippen molar-refractivity contribution in [1.29, 1.82) is 0 Å². The maximum atomic E-state index is 12.8. The molecule has 0 amide bonds. The molecule has 130 valence electrons. The number of aromatic nitrogens is 3. The second-order valence-electron chi connectivity index (χ2n) is 5.06. The third kappa shape index (κ3) is 3.07. The molecule has 0 atom stereocenters. The van der Waals surface area contributed by atoms with Crippen LogP contribution in [0.3, 0.4) is 0 Å². The number of hydrogen-bond acceptors (Lipinski definition) is 5. The largest absolute Gasteiger partial charge is 0.416 e. The zero-order chi connectivity index (χ0) is 18.2. The van der Waals surface area contributed by atoms with Crippen LogP contribution < -0.4 is 5.73 Å². The summed E-state index contributed by atoms with van der Waals surface area (Å²) in [5.74, 6) is -0.372. The van der Waals surface area contributed by atoms with Gasteiger partial charge in [0, 0.05) is 0 Å². The van der Waals surface area contributed by atoms with E-state index in [0.29, 0.717) is 0 Å². The van der Waals surface area contributed by atoms with Crippen LogP contribution in [-0.2, 0) is 16.0 Å². The van der Waals surface area contributed by atoms with Gasteiger partial charge in [0.05, 0.1) is 16.1 Å². The molecule has 0 aliphatic carbocycles. The minimum Gasteiger partial charge on any atom is -0.381 e. The molecule has 3 aromatic rings. The van der Waals surface area contributed by atoms with Crippen molar-refractivity contribution in [2.75, 3.05) is 5.73 Å². The molecule has 0 spiro atoms. The first kappa shape index (κ1) is 17.0. The molecule has 0 aliphatic heterocycles. The van der Waals surface area contributed by atoms with Gasteiger partial charge in [-0.3, -0.25) is 0 Å². The molecule has 6 nitrogen and oxygen atoms in total. The van der Waals surface area contributed by atoms with E-state index in [9.17, 15) is 21.6 Å². The lowest BCUT2D eigenvalue weighted by atomic mass is 10.2. The van der Waals surface area contributed by atoms with Crippen LogP contribution in [0.1, 0.15) is 5.56 Å². The number of rotatable bonds is 3. The number of anilines is 1. The summed E-state index contributed by atoms with van der Waals surface area (Å²) in [7, 11) is -4.04. The van der Waals surface area contributed by atoms with Gasteiger partial charge in [-0.25, -0.2) is 8.42 Å². The molecule has 0 bridgehead atoms. The predicted molar refractivity (Wildman–Crippen MR) is 82.7 cm³/mol. The number of nitrogens with two attached hydrogens (primary N) is 1. The van der Waals surface area contributed by atoms with Gasteiger partial charge in [0.1, 0.15) is 0 Å². The highest BCUT2D eigenvalue weighted by atomic mass is 32.2. The molecule has 10 heteroatoms. The van der Waals surface area contributed by atoms with Crippen LogP contribution in [0.15, 0.2) is 64.5 Å². The Kier molecular flexibility index (Phi) is 3.99. The van der Waals surface area contributed by atoms with Crippen LogP contribution in [-0.4, -0.2) is 23.4 Å². The summed E-state index contributed by atoms with van der Waals surface area (Å²) < 4.78 is 64.4. The average molecular weight is 368 g/mol. The average Bonchev–Trinajstić information content (AvgIpc) is 2.97. The Bertz CT molecular complexity index is 1010. The fourth-order valence-corrected chi connectivity index (χ4v) is 3.43. The lowest BCUT2D eigenvalue weighted by Gasteiger charge is -2.09. The van der Waals surface area contributed by atoms with Crippen LogP contribution in [0.5, 0.6) is 0 Å². The van der Waals surface area contributed by atoms with E-state index < -0.39 is 26.6 Å². The van der Waals surface area contributed by atoms with Gasteiger partial charge in [-0.1, -0.05) is 29.5 Å². The third-order valence-electron chi connectivity index (χ3n) is 3.40. The molecule has 2 N–H and O–H groups in total. The Labute approximate surface area is 140 Å². The van der Waals surface area contributed by atoms with Crippen molar-refractivity contribution in [2.24, 2.45) is 0 Å². The molecule has 0 fully saturated rings. The smallest absolute Gasteiger partial charge is 0.381 e. The number of halogens is 3. The van der Waals surface area contributed by atoms with Gasteiger partial charge in [-0.15, -0.1) is 5.10 Å². The topological polar surface area (TPSA) is 90.9 Å². The minimum absolute atomic E-state index is 0.0437. The van der Waals surface area contributed by atoms with Crippen LogP contribution >= 0.6 is 0 Å². The maximum Gasteiger partial charge on any atom is 0.416 e. The minimum atomic E-state index is -4.55. The fraction of sp³-hybridized carbons (Fsp3) is 0.0667. The standard InChI is InChI=1S/C15H11F3N4O2S/c16-15(17,18)10-5-4-6-11(9-10)22-13(19)14(20-21-22)25(23,24)12-7-2-1-3-8-12/h1-9H,19H2. The van der Waals surface area contributed by atoms with E-state index >= 15 is 0 Å². The summed E-state index contributed by atoms with van der Waals surface area (Å²) in [5.41, 5.74) is 4.84. The number of hydrogen-bond donors (Lipinski definition) is 1. The summed E-state index contributed by atoms with van der Waals surface area (Å²) in [5, 5.41) is 6.63. The van der Waals surface area contributed by atoms with E-state index in [1.807, 2.05) is 0 Å². The SMILES string of the molecule is Nc1c(S(=O)(=O)c2ccccc2)nnn1-c1cccc(C(F)(F)F)c1. The van der Waals surface area contributed by atoms with Crippen molar-refractivity contribution in [3.8, 4) is 5.69 Å². The molecule has 0 saturated carbocycles. The van der Waals surface area contributed by atoms with Crippen molar-refractivity contribution in [1.82, 2.24) is 15.0 Å². The second kappa shape index (κ2) is 5.88. The van der Waals surface area contributed by atoms with E-state index in [1.165, 1.54) is 36.4 Å². The summed E-state index contributed by atoms with van der Waals surface area (Å²) >= 11 is 0. The molecular formula is C15H11F3N4O2S. The lowest BCUT2D eigenvalue weighted by molar-refractivity contribution is -0.137. The summed E-state index contributed by atoms with van der Waals surface area (Å²) in [4.78, 5) is -0.0437. The van der Waals surface area contributed by atoms with Crippen LogP contribution in [0.4, 0.5) is 19.0 Å². The molecule has 0 radical (unpaired) electrons. The molecular weight excluding hydrogens is 357 g/mol. The molecule has 1 aromatic heterocycles. The number of sulfone groups is 1. The highest BCUT2D eigenvalue weighted by Gasteiger charge is 2.31. The van der Waals surface area contributed by atoms with E-state index in [4.69, 9.17) is 5.73 Å². The lowest BCUT2D eigenvalue weighted by Crippen LogP contribution is -2.09. The van der Waals surface area contributed by atoms with Gasteiger partial charge in [0.2, 0.25) is 14.9 Å². The van der Waals surface area contributed by atoms with Crippen LogP contribution in [0, 0.1) is 0 Å². The quantitative estimate of drug-likeness (QED) is 0.768. The van der Waals surface area contributed by atoms with Crippen molar-refractivity contribution in [3.05, 3.63) is 60.2 Å². The maximum absolute atomic E-state index is 12.8. The summed E-state index contributed by atoms with van der Waals surface area (Å²) in [6.07, 6.45) is -4.55. The first-order valence-electron chi connectivity index (χ1n) is 6.90. The van der Waals surface area contributed by atoms with E-state index in [1.54, 1.807) is 6.07 Å². The third-order valence-corrected chi connectivity index (χ3v) is 5.09. The van der Waals surface area contributed by atoms with Crippen LogP contribution in [0.2, 0.25) is 0 Å². The predicted octanol–water partition coefficient (Wildman–Crippen LogP) is 2.70. The molecule has 0 unspecified atom stereocenters. The monoisotopic (exact) mass is 368 g/mol. The van der Waals surface area contributed by atoms with E-state index in [0.717, 1.165) is 16.8 Å². The Morgan fingerprint density at radius 1 is 1.00 bits per heavy atom. The Hall–Kier alpha value is -2.88. The van der Waals surface area contributed by atoms with Gasteiger partial charge in [-0.2, -0.15) is 17.9 Å². The zero-order valence-electron chi connectivity index (χ0n) is 12.5. The number of benzene rings is 2. The first-order chi connectivity index (χ1) is 11.7. The molecule has 3 rings (SSSR count). The van der Waals surface area contributed by atoms with Crippen molar-refractivity contribution >= 4 is 15.7 Å². The van der Waals surface area contributed by atoms with E-state index in [-0.39, 0.29) is 16.4 Å². The highest BCUT2D eigenvalue weighted by molar-refractivity contribution is 7.91. The highest BCUT2D eigenvalue weighted by Crippen LogP contribution is 2.31. The Morgan fingerprint density at radius 2 is 1.68 bits per heavy atom. The molecule has 0 aliphatic rings. The molecule has 1 heterocycles. The first-order valence-corrected chi connectivity index (χ1v) is 8.38. The molecule has 0 saturated heterocycles. The van der Waals surface area contributed by atoms with Crippen molar-refractivity contribution in [3.63, 3.8) is 0 Å². The van der Waals surface area contributed by atoms with Crippen LogP contribution in [0.25, 0.3) is 5.69 Å². The number of alkyl halides is 3. The number of nitrogen functional groups attached to an aromatic ring is 1. The Morgan fingerprint density at radius 3 is 2.32 bits per heavy atom. The summed E-state index contributed by atoms with van der Waals surface area (Å²) in [6.45, 7) is 0. The Balaban J connectivity index is 2.09. The fourth-order valence-electron chi connectivity index (χ4n) is 2.18. The van der Waals surface area contributed by atoms with Gasteiger partial charge < -0.3 is 5.73 Å². The normalized spacial score (nSPS) is 12.3. The second-order valence-corrected chi connectivity index (χ2v) is 6.92. The van der Waals surface area contributed by atoms with Crippen molar-refractivity contribution in [2.45, 2.75) is 16.1 Å². The summed E-state index contributed by atoms with van der Waals surface area (Å²) in [6, 6.07) is 11.6. The van der Waals surface area contributed by atoms with Gasteiger partial charge >= 0.3 is 6.18 Å². The zero-order valence-corrected chi connectivity index (χ0v) is 13.3. The van der Waals surface area contributed by atoms with E-state index in [2.05, 4.69) is 10.3 Å².